The number of fused-ring (bicyclic) bond motifs is 1. The molecule has 0 atom stereocenters. The minimum atomic E-state index is -0.995. The molecule has 1 aromatic heterocycles. The van der Waals surface area contributed by atoms with E-state index in [0.29, 0.717) is 0 Å². The van der Waals surface area contributed by atoms with Crippen LogP contribution in [-0.4, -0.2) is 38.8 Å². The van der Waals surface area contributed by atoms with Crippen molar-refractivity contribution in [3.63, 3.8) is 0 Å². The van der Waals surface area contributed by atoms with E-state index in [1.165, 1.54) is 12.8 Å². The zero-order valence-electron chi connectivity index (χ0n) is 14.6. The molecule has 134 valence electrons. The van der Waals surface area contributed by atoms with E-state index in [9.17, 15) is 9.90 Å². The van der Waals surface area contributed by atoms with Crippen molar-refractivity contribution in [3.8, 4) is 11.1 Å². The van der Waals surface area contributed by atoms with Gasteiger partial charge in [-0.05, 0) is 60.8 Å². The van der Waals surface area contributed by atoms with Crippen molar-refractivity contribution >= 4 is 32.8 Å². The van der Waals surface area contributed by atoms with E-state index in [1.54, 1.807) is 11.7 Å². The fourth-order valence-electron chi connectivity index (χ4n) is 3.83. The van der Waals surface area contributed by atoms with Crippen LogP contribution < -0.4 is 0 Å². The lowest BCUT2D eigenvalue weighted by Gasteiger charge is -2.19. The number of nitrogens with zero attached hydrogens (tertiary/aromatic N) is 3. The summed E-state index contributed by atoms with van der Waals surface area (Å²) in [4.78, 5) is 14.3. The average Bonchev–Trinajstić information content (AvgIpc) is 3.23. The number of hydrogen-bond acceptors (Lipinski definition) is 3. The van der Waals surface area contributed by atoms with Crippen LogP contribution in [-0.2, 0) is 13.6 Å². The van der Waals surface area contributed by atoms with E-state index in [1.807, 2.05) is 30.3 Å². The predicted octanol–water partition coefficient (Wildman–Crippen LogP) is 4.30. The third-order valence-electron chi connectivity index (χ3n) is 5.01. The van der Waals surface area contributed by atoms with Crippen molar-refractivity contribution in [1.82, 2.24) is 14.7 Å². The van der Waals surface area contributed by atoms with Gasteiger partial charge in [0.15, 0.2) is 5.69 Å². The van der Waals surface area contributed by atoms with E-state index in [-0.39, 0.29) is 5.69 Å². The number of carboxylic acids is 1. The van der Waals surface area contributed by atoms with Crippen LogP contribution in [0.15, 0.2) is 40.9 Å². The highest BCUT2D eigenvalue weighted by Gasteiger charge is 2.23. The maximum absolute atomic E-state index is 11.8. The normalized spacial score (nSPS) is 15.0. The molecule has 1 N–H and O–H groups in total. The van der Waals surface area contributed by atoms with Crippen LogP contribution >= 0.6 is 15.9 Å². The molecular weight excluding hydrogens is 394 g/mol. The van der Waals surface area contributed by atoms with E-state index < -0.39 is 5.97 Å². The number of carbonyl (C=O) groups is 1. The van der Waals surface area contributed by atoms with Gasteiger partial charge in [-0.25, -0.2) is 4.79 Å². The Morgan fingerprint density at radius 2 is 2.00 bits per heavy atom. The number of aromatic carboxylic acids is 1. The quantitative estimate of drug-likeness (QED) is 0.692. The molecule has 4 rings (SSSR count). The van der Waals surface area contributed by atoms with Gasteiger partial charge in [-0.2, -0.15) is 5.10 Å². The molecule has 2 heterocycles. The zero-order valence-corrected chi connectivity index (χ0v) is 16.2. The second-order valence-electron chi connectivity index (χ2n) is 6.76. The largest absolute Gasteiger partial charge is 0.476 e. The highest BCUT2D eigenvalue weighted by molar-refractivity contribution is 9.10. The first kappa shape index (κ1) is 17.2. The molecule has 6 heteroatoms. The Morgan fingerprint density at radius 3 is 2.69 bits per heavy atom. The molecule has 1 saturated heterocycles. The molecule has 0 unspecified atom stereocenters. The summed E-state index contributed by atoms with van der Waals surface area (Å²) >= 11 is 3.54. The Hall–Kier alpha value is -2.18. The summed E-state index contributed by atoms with van der Waals surface area (Å²) in [5.41, 5.74) is 4.08. The number of likely N-dealkylation sites (tertiary alicyclic amines) is 1. The van der Waals surface area contributed by atoms with Gasteiger partial charge in [-0.1, -0.05) is 34.1 Å². The van der Waals surface area contributed by atoms with Crippen molar-refractivity contribution in [2.75, 3.05) is 13.1 Å². The maximum Gasteiger partial charge on any atom is 0.357 e. The summed E-state index contributed by atoms with van der Waals surface area (Å²) in [6.45, 7) is 3.01. The van der Waals surface area contributed by atoms with Crippen LogP contribution in [0.1, 0.15) is 28.9 Å². The van der Waals surface area contributed by atoms with Crippen LogP contribution in [0, 0.1) is 0 Å². The molecule has 0 spiro atoms. The Kier molecular flexibility index (Phi) is 4.54. The summed E-state index contributed by atoms with van der Waals surface area (Å²) in [5.74, 6) is -0.995. The van der Waals surface area contributed by atoms with Gasteiger partial charge in [0, 0.05) is 23.5 Å². The molecule has 26 heavy (non-hydrogen) atoms. The molecule has 0 radical (unpaired) electrons. The second-order valence-corrected chi connectivity index (χ2v) is 7.68. The number of benzene rings is 2. The fourth-order valence-corrected chi connectivity index (χ4v) is 4.23. The number of aromatic nitrogens is 2. The second kappa shape index (κ2) is 6.85. The predicted molar refractivity (Wildman–Crippen MR) is 105 cm³/mol. The Balaban J connectivity index is 1.99. The van der Waals surface area contributed by atoms with Gasteiger partial charge < -0.3 is 5.11 Å². The molecule has 0 bridgehead atoms. The lowest BCUT2D eigenvalue weighted by molar-refractivity contribution is 0.0691. The van der Waals surface area contributed by atoms with Crippen molar-refractivity contribution in [2.45, 2.75) is 19.4 Å². The summed E-state index contributed by atoms with van der Waals surface area (Å²) < 4.78 is 2.62. The summed E-state index contributed by atoms with van der Waals surface area (Å²) in [6, 6.07) is 12.1. The first-order valence-electron chi connectivity index (χ1n) is 8.75. The minimum Gasteiger partial charge on any atom is -0.476 e. The van der Waals surface area contributed by atoms with Crippen molar-refractivity contribution in [3.05, 3.63) is 52.1 Å². The van der Waals surface area contributed by atoms with Crippen molar-refractivity contribution in [2.24, 2.45) is 7.05 Å². The molecule has 0 saturated carbocycles. The number of halogens is 1. The Labute approximate surface area is 160 Å². The molecule has 1 aliphatic heterocycles. The molecule has 1 aliphatic rings. The summed E-state index contributed by atoms with van der Waals surface area (Å²) in [5, 5.41) is 14.7. The van der Waals surface area contributed by atoms with Gasteiger partial charge in [0.2, 0.25) is 0 Å². The van der Waals surface area contributed by atoms with Crippen LogP contribution in [0.2, 0.25) is 0 Å². The monoisotopic (exact) mass is 413 g/mol. The van der Waals surface area contributed by atoms with Gasteiger partial charge >= 0.3 is 5.97 Å². The van der Waals surface area contributed by atoms with Crippen molar-refractivity contribution < 1.29 is 9.90 Å². The van der Waals surface area contributed by atoms with Crippen LogP contribution in [0.4, 0.5) is 0 Å². The number of aryl methyl sites for hydroxylation is 1. The average molecular weight is 414 g/mol. The molecule has 2 aromatic carbocycles. The van der Waals surface area contributed by atoms with Gasteiger partial charge in [-0.3, -0.25) is 9.58 Å². The lowest BCUT2D eigenvalue weighted by Crippen LogP contribution is -2.19. The minimum absolute atomic E-state index is 0.112. The smallest absolute Gasteiger partial charge is 0.357 e. The highest BCUT2D eigenvalue weighted by Crippen LogP contribution is 2.36. The van der Waals surface area contributed by atoms with E-state index >= 15 is 0 Å². The highest BCUT2D eigenvalue weighted by atomic mass is 79.9. The Bertz CT molecular complexity index is 990. The molecule has 0 aliphatic carbocycles. The molecule has 5 nitrogen and oxygen atoms in total. The van der Waals surface area contributed by atoms with Gasteiger partial charge in [0.05, 0.1) is 5.52 Å². The van der Waals surface area contributed by atoms with E-state index in [4.69, 9.17) is 0 Å². The van der Waals surface area contributed by atoms with Crippen molar-refractivity contribution in [1.29, 1.82) is 0 Å². The van der Waals surface area contributed by atoms with Gasteiger partial charge in [-0.15, -0.1) is 0 Å². The standard InChI is InChI=1S/C20H20BrN3O2/c1-23-16-8-7-14(12-24-9-2-3-10-24)17(13-5-4-6-15(21)11-13)18(16)19(22-23)20(25)26/h4-8,11H,2-3,9-10,12H2,1H3,(H,25,26). The van der Waals surface area contributed by atoms with E-state index in [2.05, 4.69) is 32.0 Å². The molecular formula is C20H20BrN3O2. The van der Waals surface area contributed by atoms with Gasteiger partial charge in [0.25, 0.3) is 0 Å². The van der Waals surface area contributed by atoms with Crippen LogP contribution in [0.25, 0.3) is 22.0 Å². The molecule has 0 amide bonds. The number of hydrogen-bond donors (Lipinski definition) is 1. The lowest BCUT2D eigenvalue weighted by atomic mass is 9.94. The summed E-state index contributed by atoms with van der Waals surface area (Å²) in [7, 11) is 1.79. The molecule has 1 fully saturated rings. The number of carboxylic acid groups (broad SMARTS) is 1. The first-order valence-corrected chi connectivity index (χ1v) is 9.54. The first-order chi connectivity index (χ1) is 12.5. The maximum atomic E-state index is 11.8. The summed E-state index contributed by atoms with van der Waals surface area (Å²) in [6.07, 6.45) is 2.45. The van der Waals surface area contributed by atoms with E-state index in [0.717, 1.165) is 51.7 Å². The van der Waals surface area contributed by atoms with Crippen LogP contribution in [0.3, 0.4) is 0 Å². The third kappa shape index (κ3) is 3.04. The molecule has 3 aromatic rings. The fraction of sp³-hybridized carbons (Fsp3) is 0.300. The number of rotatable bonds is 4. The third-order valence-corrected chi connectivity index (χ3v) is 5.51. The Morgan fingerprint density at radius 1 is 1.23 bits per heavy atom. The zero-order chi connectivity index (χ0) is 18.3. The van der Waals surface area contributed by atoms with Gasteiger partial charge in [0.1, 0.15) is 0 Å². The topological polar surface area (TPSA) is 58.4 Å². The van der Waals surface area contributed by atoms with Crippen LogP contribution in [0.5, 0.6) is 0 Å². The SMILES string of the molecule is Cn1nc(C(=O)O)c2c(-c3cccc(Br)c3)c(CN3CCCC3)ccc21.